The summed E-state index contributed by atoms with van der Waals surface area (Å²) in [5.41, 5.74) is 4.29. The SMILES string of the molecule is c1ccc(-c2nc(-c3cc4ccccc4s3)nc(-c3ccc(-c4cc5ccc6cccc7c8cccc9ccc%10cccc(c(c4)c5c67)c%10c98)c4ccccc34)n2)cc1. The first-order valence-corrected chi connectivity index (χ1v) is 20.8. The molecule has 0 spiro atoms. The molecule has 0 N–H and O–H groups in total. The Hall–Kier alpha value is -7.53. The maximum absolute atomic E-state index is 5.22. The van der Waals surface area contributed by atoms with Gasteiger partial charge in [0.05, 0.1) is 4.88 Å². The minimum Gasteiger partial charge on any atom is -0.208 e. The van der Waals surface area contributed by atoms with Crippen molar-refractivity contribution in [1.82, 2.24) is 15.0 Å². The Kier molecular flexibility index (Phi) is 6.89. The first kappa shape index (κ1) is 32.5. The van der Waals surface area contributed by atoms with Gasteiger partial charge in [-0.15, -0.1) is 11.3 Å². The second-order valence-electron chi connectivity index (χ2n) is 15.5. The molecule has 4 heteroatoms. The lowest BCUT2D eigenvalue weighted by atomic mass is 9.86. The molecule has 11 aromatic carbocycles. The number of hydrogen-bond acceptors (Lipinski definition) is 4. The molecular formula is C55H31N3S. The van der Waals surface area contributed by atoms with E-state index in [9.17, 15) is 0 Å². The van der Waals surface area contributed by atoms with Gasteiger partial charge >= 0.3 is 0 Å². The minimum absolute atomic E-state index is 0.660. The average molecular weight is 766 g/mol. The fraction of sp³-hybridized carbons (Fsp3) is 0. The van der Waals surface area contributed by atoms with E-state index in [4.69, 9.17) is 15.0 Å². The van der Waals surface area contributed by atoms with Gasteiger partial charge in [-0.2, -0.15) is 0 Å². The molecule has 3 nitrogen and oxygen atoms in total. The summed E-state index contributed by atoms with van der Waals surface area (Å²) in [7, 11) is 0. The van der Waals surface area contributed by atoms with Crippen LogP contribution in [-0.2, 0) is 0 Å². The van der Waals surface area contributed by atoms with Gasteiger partial charge in [-0.05, 0) is 122 Å². The molecule has 0 amide bonds. The van der Waals surface area contributed by atoms with Crippen LogP contribution in [0.1, 0.15) is 0 Å². The molecule has 0 saturated heterocycles. The van der Waals surface area contributed by atoms with Crippen LogP contribution in [0.5, 0.6) is 0 Å². The molecule has 0 aliphatic rings. The largest absolute Gasteiger partial charge is 0.208 e. The van der Waals surface area contributed by atoms with Crippen LogP contribution in [0.3, 0.4) is 0 Å². The van der Waals surface area contributed by atoms with Crippen LogP contribution in [0, 0.1) is 0 Å². The molecule has 0 saturated carbocycles. The van der Waals surface area contributed by atoms with Crippen LogP contribution < -0.4 is 0 Å². The highest BCUT2D eigenvalue weighted by atomic mass is 32.1. The minimum atomic E-state index is 0.660. The molecule has 2 aromatic heterocycles. The van der Waals surface area contributed by atoms with Crippen molar-refractivity contribution in [3.05, 3.63) is 188 Å². The fourth-order valence-electron chi connectivity index (χ4n) is 9.60. The Balaban J connectivity index is 1.09. The van der Waals surface area contributed by atoms with E-state index in [1.165, 1.54) is 85.8 Å². The molecule has 0 aliphatic carbocycles. The van der Waals surface area contributed by atoms with Crippen molar-refractivity contribution in [3.63, 3.8) is 0 Å². The summed E-state index contributed by atoms with van der Waals surface area (Å²) in [5, 5.41) is 18.8. The van der Waals surface area contributed by atoms with Gasteiger partial charge in [-0.25, -0.2) is 15.0 Å². The standard InChI is InChI=1S/C55H31N3S/c1-2-11-35(12-3-1)53-56-54(58-55(57-53)48-31-36-13-4-7-22-47(36)59-48)45-28-27-39(40-17-5-6-18-41(40)45)38-29-37-26-25-34-15-9-20-43-42-19-8-14-32-23-24-33-16-10-21-44(51(33)49(32)42)46(30-38)52(37)50(34)43/h1-31H. The fourth-order valence-corrected chi connectivity index (χ4v) is 10.6. The van der Waals surface area contributed by atoms with Gasteiger partial charge in [0.15, 0.2) is 17.5 Å². The number of fused-ring (bicyclic) bond motifs is 4. The van der Waals surface area contributed by atoms with Crippen LogP contribution in [0.2, 0.25) is 0 Å². The number of benzene rings is 10. The summed E-state index contributed by atoms with van der Waals surface area (Å²) in [6.45, 7) is 0. The summed E-state index contributed by atoms with van der Waals surface area (Å²) in [6, 6.07) is 68.4. The maximum Gasteiger partial charge on any atom is 0.174 e. The first-order chi connectivity index (χ1) is 29.2. The van der Waals surface area contributed by atoms with E-state index < -0.39 is 0 Å². The lowest BCUT2D eigenvalue weighted by Gasteiger charge is -2.18. The summed E-state index contributed by atoms with van der Waals surface area (Å²) in [4.78, 5) is 16.5. The van der Waals surface area contributed by atoms with Gasteiger partial charge in [0, 0.05) is 15.8 Å². The number of aromatic nitrogens is 3. The van der Waals surface area contributed by atoms with E-state index in [1.54, 1.807) is 11.3 Å². The second-order valence-corrected chi connectivity index (χ2v) is 16.6. The van der Waals surface area contributed by atoms with Crippen molar-refractivity contribution in [1.29, 1.82) is 0 Å². The average Bonchev–Trinajstić information content (AvgIpc) is 3.75. The normalized spacial score (nSPS) is 12.1. The number of thiophene rings is 1. The predicted molar refractivity (Wildman–Crippen MR) is 251 cm³/mol. The quantitative estimate of drug-likeness (QED) is 0.168. The van der Waals surface area contributed by atoms with Crippen molar-refractivity contribution in [2.45, 2.75) is 0 Å². The molecule has 13 rings (SSSR count). The third-order valence-corrected chi connectivity index (χ3v) is 13.3. The molecule has 0 unspecified atom stereocenters. The zero-order chi connectivity index (χ0) is 38.6. The summed E-state index contributed by atoms with van der Waals surface area (Å²) >= 11 is 1.71. The van der Waals surface area contributed by atoms with Crippen LogP contribution in [0.4, 0.5) is 0 Å². The zero-order valence-electron chi connectivity index (χ0n) is 31.6. The molecule has 59 heavy (non-hydrogen) atoms. The molecule has 0 bridgehead atoms. The topological polar surface area (TPSA) is 38.7 Å². The van der Waals surface area contributed by atoms with Gasteiger partial charge in [-0.1, -0.05) is 158 Å². The molecule has 0 aliphatic heterocycles. The van der Waals surface area contributed by atoms with Gasteiger partial charge in [0.1, 0.15) is 0 Å². The van der Waals surface area contributed by atoms with Crippen LogP contribution in [-0.4, -0.2) is 15.0 Å². The van der Waals surface area contributed by atoms with E-state index in [2.05, 4.69) is 170 Å². The smallest absolute Gasteiger partial charge is 0.174 e. The van der Waals surface area contributed by atoms with Crippen molar-refractivity contribution in [2.75, 3.05) is 0 Å². The van der Waals surface area contributed by atoms with E-state index in [1.807, 2.05) is 18.2 Å². The second kappa shape index (κ2) is 12.5. The molecule has 0 fully saturated rings. The van der Waals surface area contributed by atoms with Crippen LogP contribution in [0.15, 0.2) is 188 Å². The Morgan fingerprint density at radius 2 is 0.797 bits per heavy atom. The molecule has 13 aromatic rings. The number of hydrogen-bond donors (Lipinski definition) is 0. The van der Waals surface area contributed by atoms with Gasteiger partial charge in [-0.3, -0.25) is 0 Å². The number of rotatable bonds is 4. The Morgan fingerprint density at radius 3 is 1.49 bits per heavy atom. The summed E-state index contributed by atoms with van der Waals surface area (Å²) < 4.78 is 1.21. The molecule has 2 heterocycles. The van der Waals surface area contributed by atoms with Crippen LogP contribution >= 0.6 is 11.3 Å². The Morgan fingerprint density at radius 1 is 0.288 bits per heavy atom. The third kappa shape index (κ3) is 4.91. The predicted octanol–water partition coefficient (Wildman–Crippen LogP) is 15.3. The zero-order valence-corrected chi connectivity index (χ0v) is 32.5. The summed E-state index contributed by atoms with van der Waals surface area (Å²) in [6.07, 6.45) is 0. The third-order valence-electron chi connectivity index (χ3n) is 12.2. The van der Waals surface area contributed by atoms with Crippen molar-refractivity contribution in [2.24, 2.45) is 0 Å². The Bertz CT molecular complexity index is 3810. The molecule has 0 atom stereocenters. The van der Waals surface area contributed by atoms with Crippen LogP contribution in [0.25, 0.3) is 130 Å². The van der Waals surface area contributed by atoms with Gasteiger partial charge in [0.25, 0.3) is 0 Å². The highest BCUT2D eigenvalue weighted by molar-refractivity contribution is 7.22. The van der Waals surface area contributed by atoms with Gasteiger partial charge in [0.2, 0.25) is 0 Å². The molecular weight excluding hydrogens is 735 g/mol. The lowest BCUT2D eigenvalue weighted by Crippen LogP contribution is -2.00. The van der Waals surface area contributed by atoms with Crippen molar-refractivity contribution >= 4 is 96.8 Å². The van der Waals surface area contributed by atoms with E-state index in [0.29, 0.717) is 17.5 Å². The molecule has 272 valence electrons. The first-order valence-electron chi connectivity index (χ1n) is 20.0. The Labute approximate surface area is 342 Å². The summed E-state index contributed by atoms with van der Waals surface area (Å²) in [5.74, 6) is 2.00. The van der Waals surface area contributed by atoms with Crippen molar-refractivity contribution in [3.8, 4) is 44.6 Å². The lowest BCUT2D eigenvalue weighted by molar-refractivity contribution is 1.08. The maximum atomic E-state index is 5.22. The highest BCUT2D eigenvalue weighted by Crippen LogP contribution is 2.46. The van der Waals surface area contributed by atoms with E-state index in [-0.39, 0.29) is 0 Å². The van der Waals surface area contributed by atoms with E-state index in [0.717, 1.165) is 26.8 Å². The van der Waals surface area contributed by atoms with E-state index >= 15 is 0 Å². The van der Waals surface area contributed by atoms with Gasteiger partial charge < -0.3 is 0 Å². The highest BCUT2D eigenvalue weighted by Gasteiger charge is 2.20. The monoisotopic (exact) mass is 765 g/mol. The molecule has 0 radical (unpaired) electrons. The van der Waals surface area contributed by atoms with Crippen molar-refractivity contribution < 1.29 is 0 Å². The number of nitrogens with zero attached hydrogens (tertiary/aromatic N) is 3.